The number of hydrogen-bond donors (Lipinski definition) is 2. The minimum Gasteiger partial charge on any atom is -0.322 e. The summed E-state index contributed by atoms with van der Waals surface area (Å²) in [6.07, 6.45) is 0.944. The zero-order chi connectivity index (χ0) is 4.12. The van der Waals surface area contributed by atoms with Gasteiger partial charge in [0.1, 0.15) is 0 Å². The number of hydrazone groups is 1. The highest BCUT2D eigenvalue weighted by Gasteiger charge is 1.43. The molecule has 0 saturated carbocycles. The van der Waals surface area contributed by atoms with E-state index in [0.29, 0.717) is 0 Å². The Kier molecular flexibility index (Phi) is 2.50. The molecule has 4 nitrogen and oxygen atoms in total. The van der Waals surface area contributed by atoms with Crippen LogP contribution in [0.1, 0.15) is 0 Å². The Morgan fingerprint density at radius 3 is 2.40 bits per heavy atom. The van der Waals surface area contributed by atoms with Gasteiger partial charge in [-0.3, -0.25) is 0 Å². The third-order valence-corrected chi connectivity index (χ3v) is 0.124. The van der Waals surface area contributed by atoms with Crippen LogP contribution in [0.25, 0.3) is 0 Å². The van der Waals surface area contributed by atoms with E-state index in [1.54, 1.807) is 0 Å². The molecule has 0 rings (SSSR count). The van der Waals surface area contributed by atoms with E-state index in [2.05, 4.69) is 16.1 Å². The highest BCUT2D eigenvalue weighted by atomic mass is 15.2. The standard InChI is InChI=1S/CH4N4/c2-4-1-5-3/h1-2H,3H2/b4-2?,5-1-. The maximum absolute atomic E-state index is 6.00. The van der Waals surface area contributed by atoms with Crippen molar-refractivity contribution in [3.8, 4) is 0 Å². The van der Waals surface area contributed by atoms with Gasteiger partial charge in [-0.05, 0) is 0 Å². The van der Waals surface area contributed by atoms with Crippen molar-refractivity contribution in [2.75, 3.05) is 0 Å². The van der Waals surface area contributed by atoms with Crippen LogP contribution in [0, 0.1) is 5.53 Å². The molecule has 0 aliphatic rings. The van der Waals surface area contributed by atoms with Gasteiger partial charge in [0.25, 0.3) is 0 Å². The Morgan fingerprint density at radius 2 is 2.40 bits per heavy atom. The molecule has 5 heavy (non-hydrogen) atoms. The number of nitrogens with one attached hydrogen (secondary N) is 1. The summed E-state index contributed by atoms with van der Waals surface area (Å²) in [6, 6.07) is 0. The summed E-state index contributed by atoms with van der Waals surface area (Å²) in [5.74, 6) is 4.49. The normalized spacial score (nSPS) is 8.80. The lowest BCUT2D eigenvalue weighted by atomic mass is 11.4. The number of rotatable bonds is 1. The van der Waals surface area contributed by atoms with E-state index in [1.165, 1.54) is 0 Å². The van der Waals surface area contributed by atoms with Crippen molar-refractivity contribution in [1.82, 2.24) is 0 Å². The van der Waals surface area contributed by atoms with Gasteiger partial charge in [-0.15, -0.1) is 5.11 Å². The smallest absolute Gasteiger partial charge is 0.156 e. The average molecular weight is 72.1 g/mol. The molecule has 0 amide bonds. The van der Waals surface area contributed by atoms with Crippen molar-refractivity contribution in [3.63, 3.8) is 0 Å². The van der Waals surface area contributed by atoms with Gasteiger partial charge in [0.2, 0.25) is 0 Å². The quantitative estimate of drug-likeness (QED) is 0.147. The molecule has 0 spiro atoms. The second-order valence-corrected chi connectivity index (χ2v) is 0.394. The molecule has 0 unspecified atom stereocenters. The van der Waals surface area contributed by atoms with Crippen molar-refractivity contribution in [2.45, 2.75) is 0 Å². The van der Waals surface area contributed by atoms with Crippen molar-refractivity contribution in [3.05, 3.63) is 0 Å². The highest BCUT2D eigenvalue weighted by molar-refractivity contribution is 5.52. The average Bonchev–Trinajstić information content (AvgIpc) is 1.41. The maximum atomic E-state index is 6.00. The van der Waals surface area contributed by atoms with E-state index in [9.17, 15) is 0 Å². The first-order valence-electron chi connectivity index (χ1n) is 0.998. The first kappa shape index (κ1) is 4.07. The summed E-state index contributed by atoms with van der Waals surface area (Å²) in [5, 5.41) is 5.56. The molecular formula is CH4N4. The molecule has 3 N–H and O–H groups in total. The first-order valence-corrected chi connectivity index (χ1v) is 0.998. The van der Waals surface area contributed by atoms with Crippen LogP contribution in [0.4, 0.5) is 0 Å². The predicted octanol–water partition coefficient (Wildman–Crippen LogP) is -0.0806. The third kappa shape index (κ3) is 3.07. The molecule has 0 radical (unpaired) electrons. The molecule has 0 heterocycles. The van der Waals surface area contributed by atoms with E-state index in [4.69, 9.17) is 5.53 Å². The maximum Gasteiger partial charge on any atom is 0.156 e. The van der Waals surface area contributed by atoms with E-state index in [0.717, 1.165) is 6.34 Å². The zero-order valence-electron chi connectivity index (χ0n) is 2.55. The van der Waals surface area contributed by atoms with Crippen LogP contribution in [0.15, 0.2) is 10.2 Å². The summed E-state index contributed by atoms with van der Waals surface area (Å²) >= 11 is 0. The lowest BCUT2D eigenvalue weighted by molar-refractivity contribution is 1.17. The number of nitrogens with two attached hydrogens (primary N) is 1. The van der Waals surface area contributed by atoms with Gasteiger partial charge < -0.3 is 5.84 Å². The molecular weight excluding hydrogens is 68.0 g/mol. The Morgan fingerprint density at radius 1 is 1.80 bits per heavy atom. The zero-order valence-corrected chi connectivity index (χ0v) is 2.55. The minimum atomic E-state index is 0.944. The Hall–Kier alpha value is -0.930. The second kappa shape index (κ2) is 3.07. The lowest BCUT2D eigenvalue weighted by Crippen LogP contribution is -1.75. The van der Waals surface area contributed by atoms with E-state index >= 15 is 0 Å². The van der Waals surface area contributed by atoms with Gasteiger partial charge in [-0.1, -0.05) is 0 Å². The fourth-order valence-corrected chi connectivity index (χ4v) is 0.0333. The van der Waals surface area contributed by atoms with E-state index in [-0.39, 0.29) is 0 Å². The van der Waals surface area contributed by atoms with Crippen LogP contribution in [-0.2, 0) is 0 Å². The monoisotopic (exact) mass is 72.0 g/mol. The molecule has 0 aliphatic heterocycles. The van der Waals surface area contributed by atoms with Gasteiger partial charge in [0.05, 0.1) is 0 Å². The minimum absolute atomic E-state index is 0.944. The van der Waals surface area contributed by atoms with Crippen LogP contribution >= 0.6 is 0 Å². The van der Waals surface area contributed by atoms with Crippen molar-refractivity contribution < 1.29 is 0 Å². The van der Waals surface area contributed by atoms with Gasteiger partial charge in [0.15, 0.2) is 6.34 Å². The summed E-state index contributed by atoms with van der Waals surface area (Å²) < 4.78 is 0. The first-order chi connectivity index (χ1) is 2.41. The van der Waals surface area contributed by atoms with Gasteiger partial charge in [-0.25, -0.2) is 5.53 Å². The summed E-state index contributed by atoms with van der Waals surface area (Å²) in [6.45, 7) is 0. The molecule has 4 heteroatoms. The van der Waals surface area contributed by atoms with E-state index in [1.807, 2.05) is 0 Å². The van der Waals surface area contributed by atoms with Crippen LogP contribution in [0.3, 0.4) is 0 Å². The SMILES string of the molecule is N=N/C=N\N. The number of hydrogen-bond acceptors (Lipinski definition) is 3. The third-order valence-electron chi connectivity index (χ3n) is 0.124. The molecule has 0 fully saturated rings. The highest BCUT2D eigenvalue weighted by Crippen LogP contribution is 1.44. The Bertz CT molecular complexity index is 45.6. The van der Waals surface area contributed by atoms with Gasteiger partial charge in [0, 0.05) is 0 Å². The molecule has 28 valence electrons. The van der Waals surface area contributed by atoms with Crippen molar-refractivity contribution in [1.29, 1.82) is 5.53 Å². The van der Waals surface area contributed by atoms with Gasteiger partial charge >= 0.3 is 0 Å². The Balaban J connectivity index is 2.92. The second-order valence-electron chi connectivity index (χ2n) is 0.394. The van der Waals surface area contributed by atoms with Crippen LogP contribution in [0.2, 0.25) is 0 Å². The topological polar surface area (TPSA) is 74.6 Å². The Labute approximate surface area is 29.2 Å². The fraction of sp³-hybridized carbons (Fsp3) is 0. The molecule has 0 aliphatic carbocycles. The fourth-order valence-electron chi connectivity index (χ4n) is 0.0333. The molecule has 0 aromatic rings. The van der Waals surface area contributed by atoms with Crippen LogP contribution in [0.5, 0.6) is 0 Å². The van der Waals surface area contributed by atoms with Gasteiger partial charge in [-0.2, -0.15) is 5.10 Å². The van der Waals surface area contributed by atoms with Crippen molar-refractivity contribution >= 4 is 6.34 Å². The molecule has 0 aromatic heterocycles. The van der Waals surface area contributed by atoms with E-state index < -0.39 is 0 Å². The number of nitrogens with zero attached hydrogens (tertiary/aromatic N) is 2. The summed E-state index contributed by atoms with van der Waals surface area (Å²) in [5.41, 5.74) is 6.00. The largest absolute Gasteiger partial charge is 0.322 e. The summed E-state index contributed by atoms with van der Waals surface area (Å²) in [4.78, 5) is 0. The van der Waals surface area contributed by atoms with Crippen LogP contribution < -0.4 is 5.84 Å². The predicted molar refractivity (Wildman–Crippen MR) is 17.8 cm³/mol. The molecule has 0 bridgehead atoms. The molecule has 0 saturated heterocycles. The lowest BCUT2D eigenvalue weighted by Gasteiger charge is -1.58. The molecule has 0 aromatic carbocycles. The summed E-state index contributed by atoms with van der Waals surface area (Å²) in [7, 11) is 0. The van der Waals surface area contributed by atoms with Crippen LogP contribution in [-0.4, -0.2) is 6.34 Å². The molecule has 0 atom stereocenters. The van der Waals surface area contributed by atoms with Crippen molar-refractivity contribution in [2.24, 2.45) is 16.1 Å².